The number of carbonyl (C=O) groups is 2. The first-order valence-corrected chi connectivity index (χ1v) is 14.4. The monoisotopic (exact) mass is 640 g/mol. The van der Waals surface area contributed by atoms with Gasteiger partial charge in [0.1, 0.15) is 23.3 Å². The van der Waals surface area contributed by atoms with E-state index in [0.29, 0.717) is 80.9 Å². The van der Waals surface area contributed by atoms with Crippen LogP contribution < -0.4 is 10.2 Å². The number of halogens is 6. The fourth-order valence-corrected chi connectivity index (χ4v) is 5.17. The van der Waals surface area contributed by atoms with Gasteiger partial charge in [-0.15, -0.1) is 0 Å². The molecule has 3 aliphatic rings. The number of pyridine rings is 1. The molecule has 45 heavy (non-hydrogen) atoms. The zero-order valence-corrected chi connectivity index (χ0v) is 23.9. The third-order valence-electron chi connectivity index (χ3n) is 7.74. The van der Waals surface area contributed by atoms with Crippen molar-refractivity contribution in [3.05, 3.63) is 53.4 Å². The van der Waals surface area contributed by atoms with Gasteiger partial charge in [0.05, 0.1) is 18.7 Å². The number of benzene rings is 1. The van der Waals surface area contributed by atoms with Gasteiger partial charge < -0.3 is 25.0 Å². The molecule has 16 heteroatoms. The number of aromatic nitrogens is 3. The number of carbonyl (C=O) groups excluding carboxylic acids is 1. The van der Waals surface area contributed by atoms with E-state index in [1.807, 2.05) is 4.90 Å². The molecule has 1 amide bonds. The van der Waals surface area contributed by atoms with Gasteiger partial charge in [0.2, 0.25) is 0 Å². The average Bonchev–Trinajstić information content (AvgIpc) is 3.84. The van der Waals surface area contributed by atoms with Crippen molar-refractivity contribution in [2.45, 2.75) is 44.1 Å². The smallest absolute Gasteiger partial charge is 0.475 e. The number of nitrogens with one attached hydrogen (secondary N) is 1. The van der Waals surface area contributed by atoms with Crippen LogP contribution in [0.15, 0.2) is 30.5 Å². The van der Waals surface area contributed by atoms with Crippen LogP contribution >= 0.6 is 0 Å². The fraction of sp³-hybridized carbons (Fsp3) is 0.483. The van der Waals surface area contributed by atoms with E-state index in [1.54, 1.807) is 17.2 Å². The highest BCUT2D eigenvalue weighted by Gasteiger charge is 2.38. The number of fused-ring (bicyclic) bond motifs is 1. The van der Waals surface area contributed by atoms with Crippen molar-refractivity contribution in [1.29, 1.82) is 0 Å². The van der Waals surface area contributed by atoms with Crippen molar-refractivity contribution in [3.63, 3.8) is 0 Å². The van der Waals surface area contributed by atoms with Gasteiger partial charge in [-0.25, -0.2) is 32.9 Å². The number of amides is 1. The van der Waals surface area contributed by atoms with Crippen molar-refractivity contribution in [3.8, 4) is 0 Å². The molecule has 1 aromatic carbocycles. The Morgan fingerprint density at radius 2 is 1.67 bits per heavy atom. The molecular formula is C29H30F6N6O4. The second-order valence-corrected chi connectivity index (χ2v) is 10.9. The molecule has 242 valence electrons. The van der Waals surface area contributed by atoms with Gasteiger partial charge >= 0.3 is 12.1 Å². The molecule has 4 heterocycles. The molecule has 10 nitrogen and oxygen atoms in total. The van der Waals surface area contributed by atoms with E-state index in [0.717, 1.165) is 25.0 Å². The van der Waals surface area contributed by atoms with Crippen LogP contribution in [-0.4, -0.2) is 88.4 Å². The van der Waals surface area contributed by atoms with Gasteiger partial charge in [0.15, 0.2) is 17.3 Å². The van der Waals surface area contributed by atoms with Gasteiger partial charge in [0.25, 0.3) is 5.91 Å². The summed E-state index contributed by atoms with van der Waals surface area (Å²) in [6.45, 7) is 2.92. The lowest BCUT2D eigenvalue weighted by molar-refractivity contribution is -0.192. The van der Waals surface area contributed by atoms with E-state index >= 15 is 4.39 Å². The van der Waals surface area contributed by atoms with Gasteiger partial charge in [-0.2, -0.15) is 13.2 Å². The summed E-state index contributed by atoms with van der Waals surface area (Å²) < 4.78 is 79.9. The quantitative estimate of drug-likeness (QED) is 0.362. The molecule has 1 aliphatic carbocycles. The number of ether oxygens (including phenoxy) is 1. The number of morpholine rings is 1. The lowest BCUT2D eigenvalue weighted by Crippen LogP contribution is -2.41. The van der Waals surface area contributed by atoms with Crippen molar-refractivity contribution < 1.29 is 45.8 Å². The lowest BCUT2D eigenvalue weighted by Gasteiger charge is -2.35. The lowest BCUT2D eigenvalue weighted by atomic mass is 9.88. The number of piperidine rings is 1. The number of anilines is 2. The number of nitrogens with zero attached hydrogens (tertiary/aromatic N) is 5. The Morgan fingerprint density at radius 1 is 1.00 bits per heavy atom. The summed E-state index contributed by atoms with van der Waals surface area (Å²) in [6.07, 6.45) is -2.00. The zero-order chi connectivity index (χ0) is 32.3. The van der Waals surface area contributed by atoms with Gasteiger partial charge in [-0.05, 0) is 43.7 Å². The molecule has 2 saturated heterocycles. The molecule has 0 spiro atoms. The highest BCUT2D eigenvalue weighted by molar-refractivity contribution is 6.03. The Balaban J connectivity index is 0.000000515. The summed E-state index contributed by atoms with van der Waals surface area (Å²) in [5.41, 5.74) is 1.15. The van der Waals surface area contributed by atoms with Crippen LogP contribution in [0.25, 0.3) is 11.0 Å². The Labute approximate surface area is 253 Å². The van der Waals surface area contributed by atoms with Crippen molar-refractivity contribution >= 4 is 34.5 Å². The maximum atomic E-state index is 15.2. The minimum atomic E-state index is -5.08. The third-order valence-corrected chi connectivity index (χ3v) is 7.74. The summed E-state index contributed by atoms with van der Waals surface area (Å²) >= 11 is 0. The van der Waals surface area contributed by atoms with Crippen LogP contribution in [0.1, 0.15) is 47.9 Å². The number of aliphatic carboxylic acids is 1. The van der Waals surface area contributed by atoms with Crippen LogP contribution in [0.5, 0.6) is 0 Å². The number of rotatable bonds is 6. The first kappa shape index (κ1) is 32.2. The highest BCUT2D eigenvalue weighted by atomic mass is 19.4. The van der Waals surface area contributed by atoms with Gasteiger partial charge in [-0.3, -0.25) is 4.79 Å². The molecule has 1 atom stereocenters. The predicted octanol–water partition coefficient (Wildman–Crippen LogP) is 4.91. The zero-order valence-electron chi connectivity index (χ0n) is 23.9. The van der Waals surface area contributed by atoms with E-state index in [-0.39, 0.29) is 17.2 Å². The first-order valence-electron chi connectivity index (χ1n) is 14.4. The Hall–Kier alpha value is -4.21. The van der Waals surface area contributed by atoms with E-state index in [4.69, 9.17) is 24.6 Å². The SMILES string of the molecule is O=C(O)C(F)(F)F.O=C(c1nccc2nc(NC3CC3)c(N3CCC([C@@H](F)c4ccc(F)cc4F)CC3)nc12)N1CCOCC1. The van der Waals surface area contributed by atoms with Crippen LogP contribution in [0.4, 0.5) is 38.0 Å². The van der Waals surface area contributed by atoms with Crippen LogP contribution in [-0.2, 0) is 9.53 Å². The Bertz CT molecular complexity index is 1540. The van der Waals surface area contributed by atoms with Crippen LogP contribution in [0.3, 0.4) is 0 Å². The Kier molecular flexibility index (Phi) is 9.60. The molecule has 0 unspecified atom stereocenters. The number of carboxylic acids is 1. The minimum absolute atomic E-state index is 0.108. The maximum Gasteiger partial charge on any atom is 0.490 e. The summed E-state index contributed by atoms with van der Waals surface area (Å²) in [6, 6.07) is 5.07. The van der Waals surface area contributed by atoms with E-state index in [1.165, 1.54) is 6.07 Å². The summed E-state index contributed by atoms with van der Waals surface area (Å²) in [5.74, 6) is -3.71. The molecule has 2 aromatic heterocycles. The normalized spacial score (nSPS) is 18.3. The summed E-state index contributed by atoms with van der Waals surface area (Å²) in [5, 5.41) is 10.6. The standard InChI is InChI=1S/C27H29F3N6O2.C2HF3O2/c28-17-1-4-19(20(29)15-17)22(30)16-6-9-35(10-7-16)26-25(32-18-2-3-18)33-21-5-8-31-24(23(21)34-26)27(37)36-11-13-38-14-12-36;3-2(4,5)1(6)7/h1,4-5,8,15-16,18,22H,2-3,6-7,9-14H2,(H,32,33);(H,6,7)/t22-;/m1./s1. The molecule has 2 N–H and O–H groups in total. The van der Waals surface area contributed by atoms with E-state index in [2.05, 4.69) is 10.3 Å². The molecule has 0 bridgehead atoms. The second kappa shape index (κ2) is 13.4. The van der Waals surface area contributed by atoms with Crippen LogP contribution in [0, 0.1) is 17.6 Å². The molecule has 3 aromatic rings. The van der Waals surface area contributed by atoms with Crippen molar-refractivity contribution in [2.75, 3.05) is 49.6 Å². The summed E-state index contributed by atoms with van der Waals surface area (Å²) in [4.78, 5) is 40.0. The number of carboxylic acid groups (broad SMARTS) is 1. The van der Waals surface area contributed by atoms with Crippen LogP contribution in [0.2, 0.25) is 0 Å². The van der Waals surface area contributed by atoms with Gasteiger partial charge in [-0.1, -0.05) is 6.07 Å². The topological polar surface area (TPSA) is 121 Å². The van der Waals surface area contributed by atoms with E-state index in [9.17, 15) is 26.7 Å². The fourth-order valence-electron chi connectivity index (χ4n) is 5.17. The number of alkyl halides is 4. The van der Waals surface area contributed by atoms with E-state index < -0.39 is 35.9 Å². The van der Waals surface area contributed by atoms with Crippen molar-refractivity contribution in [1.82, 2.24) is 19.9 Å². The predicted molar refractivity (Wildman–Crippen MR) is 150 cm³/mol. The van der Waals surface area contributed by atoms with Crippen molar-refractivity contribution in [2.24, 2.45) is 5.92 Å². The molecule has 2 aliphatic heterocycles. The molecule has 6 rings (SSSR count). The first-order chi connectivity index (χ1) is 21.4. The summed E-state index contributed by atoms with van der Waals surface area (Å²) in [7, 11) is 0. The second-order valence-electron chi connectivity index (χ2n) is 10.9. The average molecular weight is 641 g/mol. The third kappa shape index (κ3) is 7.72. The molecule has 0 radical (unpaired) electrons. The van der Waals surface area contributed by atoms with Gasteiger partial charge in [0, 0.05) is 50.0 Å². The Morgan fingerprint density at radius 3 is 2.27 bits per heavy atom. The number of hydrogen-bond donors (Lipinski definition) is 2. The number of hydrogen-bond acceptors (Lipinski definition) is 8. The molecular weight excluding hydrogens is 610 g/mol. The maximum absolute atomic E-state index is 15.2. The molecule has 3 fully saturated rings. The highest BCUT2D eigenvalue weighted by Crippen LogP contribution is 2.38. The molecule has 1 saturated carbocycles. The minimum Gasteiger partial charge on any atom is -0.475 e. The largest absolute Gasteiger partial charge is 0.490 e.